The number of unbranched alkanes of at least 4 members (excludes halogenated alkanes) is 4. The van der Waals surface area contributed by atoms with E-state index in [2.05, 4.69) is 32.1 Å². The third kappa shape index (κ3) is 9.63. The molecule has 1 aromatic carbocycles. The zero-order valence-electron chi connectivity index (χ0n) is 24.6. The average molecular weight is 519 g/mol. The highest BCUT2D eigenvalue weighted by atomic mass is 16.5. The minimum atomic E-state index is 0.444. The summed E-state index contributed by atoms with van der Waals surface area (Å²) in [7, 11) is 0. The maximum absolute atomic E-state index is 9.93. The van der Waals surface area contributed by atoms with Crippen LogP contribution < -0.4 is 4.74 Å². The minimum Gasteiger partial charge on any atom is -0.492 e. The SMILES string of the molecule is CCCCCC1CCC(CCc2ccc(OCCCC3CCCCC3CCCCC)c(C#N)c2C#N)CC1. The highest BCUT2D eigenvalue weighted by molar-refractivity contribution is 5.57. The van der Waals surface area contributed by atoms with Crippen LogP contribution >= 0.6 is 0 Å². The standard InChI is InChI=1S/C35H54N2O/c1-3-5-7-12-28-17-19-29(20-18-28)21-22-32-23-24-35(34(27-37)33(32)26-36)38-25-11-16-31-15-10-9-14-30(31)13-8-6-4-2/h23-24,28-31H,3-22,25H2,1-2H3. The van der Waals surface area contributed by atoms with E-state index in [9.17, 15) is 10.5 Å². The Kier molecular flexibility index (Phi) is 14.1. The first-order valence-corrected chi connectivity index (χ1v) is 16.3. The van der Waals surface area contributed by atoms with Crippen molar-refractivity contribution in [3.8, 4) is 17.9 Å². The molecule has 2 unspecified atom stereocenters. The molecule has 2 fully saturated rings. The Bertz CT molecular complexity index is 886. The Morgan fingerprint density at radius 2 is 1.26 bits per heavy atom. The van der Waals surface area contributed by atoms with Gasteiger partial charge in [0.1, 0.15) is 23.5 Å². The lowest BCUT2D eigenvalue weighted by Gasteiger charge is -2.31. The fourth-order valence-corrected chi connectivity index (χ4v) is 7.27. The molecule has 2 atom stereocenters. The van der Waals surface area contributed by atoms with Crippen molar-refractivity contribution >= 4 is 0 Å². The van der Waals surface area contributed by atoms with E-state index < -0.39 is 0 Å². The van der Waals surface area contributed by atoms with E-state index in [0.29, 0.717) is 23.5 Å². The van der Waals surface area contributed by atoms with Crippen LogP contribution in [-0.4, -0.2) is 6.61 Å². The molecule has 3 rings (SSSR count). The van der Waals surface area contributed by atoms with E-state index in [1.54, 1.807) is 0 Å². The van der Waals surface area contributed by atoms with Crippen LogP contribution in [0.15, 0.2) is 12.1 Å². The van der Waals surface area contributed by atoms with Gasteiger partial charge in [0.15, 0.2) is 0 Å². The lowest BCUT2D eigenvalue weighted by atomic mass is 9.74. The van der Waals surface area contributed by atoms with Crippen molar-refractivity contribution in [3.63, 3.8) is 0 Å². The Balaban J connectivity index is 1.46. The summed E-state index contributed by atoms with van der Waals surface area (Å²) >= 11 is 0. The number of hydrogen-bond acceptors (Lipinski definition) is 3. The number of aryl methyl sites for hydroxylation is 1. The largest absolute Gasteiger partial charge is 0.492 e. The second kappa shape index (κ2) is 17.6. The summed E-state index contributed by atoms with van der Waals surface area (Å²) in [5.74, 6) is 4.02. The molecule has 0 heterocycles. The Labute approximate surface area is 234 Å². The second-order valence-electron chi connectivity index (χ2n) is 12.4. The molecule has 0 N–H and O–H groups in total. The zero-order chi connectivity index (χ0) is 27.0. The smallest absolute Gasteiger partial charge is 0.138 e. The van der Waals surface area contributed by atoms with Crippen LogP contribution in [-0.2, 0) is 6.42 Å². The normalized spacial score (nSPS) is 23.5. The second-order valence-corrected chi connectivity index (χ2v) is 12.4. The first-order chi connectivity index (χ1) is 18.7. The molecule has 0 saturated heterocycles. The molecular formula is C35H54N2O. The summed E-state index contributed by atoms with van der Waals surface area (Å²) < 4.78 is 6.12. The van der Waals surface area contributed by atoms with Gasteiger partial charge in [0.25, 0.3) is 0 Å². The number of nitrogens with zero attached hydrogens (tertiary/aromatic N) is 2. The molecule has 0 spiro atoms. The summed E-state index contributed by atoms with van der Waals surface area (Å²) in [6.45, 7) is 5.21. The maximum atomic E-state index is 9.93. The molecule has 2 aliphatic rings. The first kappa shape index (κ1) is 30.5. The van der Waals surface area contributed by atoms with Gasteiger partial charge in [-0.25, -0.2) is 0 Å². The van der Waals surface area contributed by atoms with Crippen LogP contribution in [0.3, 0.4) is 0 Å². The number of hydrogen-bond donors (Lipinski definition) is 0. The van der Waals surface area contributed by atoms with Crippen LogP contribution in [0.25, 0.3) is 0 Å². The monoisotopic (exact) mass is 518 g/mol. The molecule has 3 heteroatoms. The van der Waals surface area contributed by atoms with Gasteiger partial charge < -0.3 is 4.74 Å². The number of rotatable bonds is 16. The Morgan fingerprint density at radius 3 is 1.87 bits per heavy atom. The molecule has 2 aliphatic carbocycles. The zero-order valence-corrected chi connectivity index (χ0v) is 24.6. The number of ether oxygens (including phenoxy) is 1. The number of benzene rings is 1. The topological polar surface area (TPSA) is 56.8 Å². The van der Waals surface area contributed by atoms with Crippen molar-refractivity contribution in [2.45, 2.75) is 142 Å². The summed E-state index contributed by atoms with van der Waals surface area (Å²) in [6, 6.07) is 8.65. The van der Waals surface area contributed by atoms with E-state index >= 15 is 0 Å². The van der Waals surface area contributed by atoms with Crippen LogP contribution in [0.5, 0.6) is 5.75 Å². The first-order valence-electron chi connectivity index (χ1n) is 16.3. The van der Waals surface area contributed by atoms with Gasteiger partial charge in [0.05, 0.1) is 12.2 Å². The van der Waals surface area contributed by atoms with Gasteiger partial charge in [-0.15, -0.1) is 0 Å². The van der Waals surface area contributed by atoms with E-state index in [0.717, 1.165) is 48.5 Å². The van der Waals surface area contributed by atoms with Gasteiger partial charge in [0, 0.05) is 0 Å². The van der Waals surface area contributed by atoms with E-state index in [1.165, 1.54) is 109 Å². The van der Waals surface area contributed by atoms with Crippen molar-refractivity contribution in [3.05, 3.63) is 28.8 Å². The van der Waals surface area contributed by atoms with Crippen molar-refractivity contribution in [2.24, 2.45) is 23.7 Å². The summed E-state index contributed by atoms with van der Waals surface area (Å²) in [5.41, 5.74) is 2.01. The molecule has 0 radical (unpaired) electrons. The third-order valence-corrected chi connectivity index (χ3v) is 9.70. The molecule has 0 aromatic heterocycles. The van der Waals surface area contributed by atoms with Crippen molar-refractivity contribution in [1.29, 1.82) is 10.5 Å². The van der Waals surface area contributed by atoms with Gasteiger partial charge >= 0.3 is 0 Å². The fraction of sp³-hybridized carbons (Fsp3) is 0.771. The predicted molar refractivity (Wildman–Crippen MR) is 158 cm³/mol. The van der Waals surface area contributed by atoms with Crippen molar-refractivity contribution in [1.82, 2.24) is 0 Å². The summed E-state index contributed by atoms with van der Waals surface area (Å²) in [4.78, 5) is 0. The molecule has 38 heavy (non-hydrogen) atoms. The van der Waals surface area contributed by atoms with Gasteiger partial charge in [-0.05, 0) is 61.0 Å². The quantitative estimate of drug-likeness (QED) is 0.204. The summed E-state index contributed by atoms with van der Waals surface area (Å²) in [5, 5.41) is 19.8. The van der Waals surface area contributed by atoms with E-state index in [1.807, 2.05) is 6.07 Å². The van der Waals surface area contributed by atoms with E-state index in [-0.39, 0.29) is 0 Å². The van der Waals surface area contributed by atoms with Gasteiger partial charge in [-0.3, -0.25) is 0 Å². The van der Waals surface area contributed by atoms with Crippen LogP contribution in [0.4, 0.5) is 0 Å². The Morgan fingerprint density at radius 1 is 0.684 bits per heavy atom. The molecule has 0 aliphatic heterocycles. The number of nitriles is 2. The fourth-order valence-electron chi connectivity index (χ4n) is 7.27. The highest BCUT2D eigenvalue weighted by Crippen LogP contribution is 2.37. The lowest BCUT2D eigenvalue weighted by Crippen LogP contribution is -2.20. The summed E-state index contributed by atoms with van der Waals surface area (Å²) in [6.07, 6.45) is 26.1. The molecule has 3 nitrogen and oxygen atoms in total. The van der Waals surface area contributed by atoms with Gasteiger partial charge in [-0.1, -0.05) is 123 Å². The predicted octanol–water partition coefficient (Wildman–Crippen LogP) is 10.3. The van der Waals surface area contributed by atoms with Crippen LogP contribution in [0, 0.1) is 46.3 Å². The molecule has 2 saturated carbocycles. The highest BCUT2D eigenvalue weighted by Gasteiger charge is 2.25. The van der Waals surface area contributed by atoms with Crippen LogP contribution in [0.2, 0.25) is 0 Å². The molecule has 0 amide bonds. The van der Waals surface area contributed by atoms with E-state index in [4.69, 9.17) is 4.74 Å². The molecular weight excluding hydrogens is 464 g/mol. The Hall–Kier alpha value is -2.00. The van der Waals surface area contributed by atoms with Crippen molar-refractivity contribution < 1.29 is 4.74 Å². The maximum Gasteiger partial charge on any atom is 0.138 e. The third-order valence-electron chi connectivity index (χ3n) is 9.70. The molecule has 210 valence electrons. The minimum absolute atomic E-state index is 0.444. The van der Waals surface area contributed by atoms with Gasteiger partial charge in [0.2, 0.25) is 0 Å². The lowest BCUT2D eigenvalue weighted by molar-refractivity contribution is 0.190. The average Bonchev–Trinajstić information content (AvgIpc) is 2.95. The van der Waals surface area contributed by atoms with Crippen LogP contribution in [0.1, 0.15) is 153 Å². The molecule has 0 bridgehead atoms. The molecule has 1 aromatic rings. The van der Waals surface area contributed by atoms with Gasteiger partial charge in [-0.2, -0.15) is 10.5 Å². The van der Waals surface area contributed by atoms with Crippen molar-refractivity contribution in [2.75, 3.05) is 6.61 Å².